The lowest BCUT2D eigenvalue weighted by molar-refractivity contribution is -0.274. The highest BCUT2D eigenvalue weighted by molar-refractivity contribution is 7.91. The van der Waals surface area contributed by atoms with Crippen LogP contribution in [0, 0.1) is 0 Å². The van der Waals surface area contributed by atoms with Crippen molar-refractivity contribution in [2.24, 2.45) is 0 Å². The lowest BCUT2D eigenvalue weighted by Gasteiger charge is -2.29. The van der Waals surface area contributed by atoms with Gasteiger partial charge in [-0.25, -0.2) is 17.8 Å². The smallest absolute Gasteiger partial charge is 0.406 e. The molecule has 1 fully saturated rings. The van der Waals surface area contributed by atoms with E-state index < -0.39 is 38.2 Å². The molecule has 198 valence electrons. The first-order valence-electron chi connectivity index (χ1n) is 10.7. The predicted molar refractivity (Wildman–Crippen MR) is 124 cm³/mol. The number of nitrogens with one attached hydrogen (secondary N) is 1. The van der Waals surface area contributed by atoms with E-state index in [1.54, 1.807) is 0 Å². The highest BCUT2D eigenvalue weighted by atomic mass is 35.5. The number of nitrogens with zero attached hydrogens (tertiary/aromatic N) is 3. The molecule has 1 N–H and O–H groups in total. The summed E-state index contributed by atoms with van der Waals surface area (Å²) in [5.41, 5.74) is -2.14. The van der Waals surface area contributed by atoms with Gasteiger partial charge in [0.05, 0.1) is 41.8 Å². The van der Waals surface area contributed by atoms with Gasteiger partial charge < -0.3 is 14.8 Å². The van der Waals surface area contributed by atoms with Crippen molar-refractivity contribution in [2.75, 3.05) is 25.1 Å². The topological polar surface area (TPSA) is 112 Å². The van der Waals surface area contributed by atoms with E-state index in [2.05, 4.69) is 20.1 Å². The summed E-state index contributed by atoms with van der Waals surface area (Å²) in [5.74, 6) is -0.580. The summed E-state index contributed by atoms with van der Waals surface area (Å²) in [7, 11) is -4.18. The number of aromatic nitrogens is 3. The molecule has 0 bridgehead atoms. The summed E-state index contributed by atoms with van der Waals surface area (Å²) in [6.07, 6.45) is -1.74. The first kappa shape index (κ1) is 26.8. The molecule has 0 radical (unpaired) electrons. The number of rotatable bonds is 7. The fraction of sp³-hybridized carbons (Fsp3) is 0.318. The van der Waals surface area contributed by atoms with Crippen LogP contribution in [0.2, 0.25) is 5.02 Å². The minimum absolute atomic E-state index is 0.0749. The van der Waals surface area contributed by atoms with Gasteiger partial charge in [-0.3, -0.25) is 4.79 Å². The van der Waals surface area contributed by atoms with Gasteiger partial charge in [0, 0.05) is 6.61 Å². The second kappa shape index (κ2) is 10.3. The van der Waals surface area contributed by atoms with E-state index in [0.717, 1.165) is 41.2 Å². The third kappa shape index (κ3) is 6.19. The van der Waals surface area contributed by atoms with Crippen LogP contribution in [0.1, 0.15) is 12.8 Å². The lowest BCUT2D eigenvalue weighted by Crippen LogP contribution is -2.40. The fourth-order valence-corrected chi connectivity index (χ4v) is 4.92. The molecule has 15 heteroatoms. The molecule has 2 aromatic heterocycles. The van der Waals surface area contributed by atoms with Gasteiger partial charge >= 0.3 is 6.36 Å². The Kier molecular flexibility index (Phi) is 7.44. The summed E-state index contributed by atoms with van der Waals surface area (Å²) in [6.45, 7) is 0.283. The van der Waals surface area contributed by atoms with Gasteiger partial charge in [0.25, 0.3) is 5.56 Å². The van der Waals surface area contributed by atoms with Crippen LogP contribution in [-0.2, 0) is 14.6 Å². The van der Waals surface area contributed by atoms with Gasteiger partial charge in [0.15, 0.2) is 10.7 Å². The van der Waals surface area contributed by atoms with Crippen molar-refractivity contribution in [1.82, 2.24) is 14.8 Å². The van der Waals surface area contributed by atoms with Gasteiger partial charge in [-0.1, -0.05) is 11.6 Å². The van der Waals surface area contributed by atoms with E-state index in [-0.39, 0.29) is 34.4 Å². The molecule has 3 aromatic rings. The number of halogens is 5. The quantitative estimate of drug-likeness (QED) is 0.431. The Morgan fingerprint density at radius 2 is 1.89 bits per heavy atom. The monoisotopic (exact) mass is 562 g/mol. The third-order valence-electron chi connectivity index (χ3n) is 5.40. The van der Waals surface area contributed by atoms with Crippen LogP contribution in [0.25, 0.3) is 5.69 Å². The molecule has 1 unspecified atom stereocenters. The van der Waals surface area contributed by atoms with E-state index in [0.29, 0.717) is 19.4 Å². The van der Waals surface area contributed by atoms with Gasteiger partial charge in [-0.2, -0.15) is 9.78 Å². The van der Waals surface area contributed by atoms with Crippen LogP contribution in [-0.4, -0.2) is 55.0 Å². The van der Waals surface area contributed by atoms with Gasteiger partial charge in [-0.15, -0.1) is 13.2 Å². The minimum atomic E-state index is -4.92. The first-order valence-corrected chi connectivity index (χ1v) is 12.6. The van der Waals surface area contributed by atoms with E-state index in [9.17, 15) is 30.8 Å². The maximum atomic E-state index is 14.7. The first-order chi connectivity index (χ1) is 17.4. The van der Waals surface area contributed by atoms with Gasteiger partial charge in [0.1, 0.15) is 10.8 Å². The van der Waals surface area contributed by atoms with Crippen molar-refractivity contribution in [3.63, 3.8) is 0 Å². The number of anilines is 1. The Labute approximate surface area is 212 Å². The predicted octanol–water partition coefficient (Wildman–Crippen LogP) is 3.94. The summed E-state index contributed by atoms with van der Waals surface area (Å²) in [5, 5.41) is 6.10. The maximum Gasteiger partial charge on any atom is 0.573 e. The van der Waals surface area contributed by atoms with Crippen LogP contribution in [0.5, 0.6) is 5.75 Å². The molecule has 0 aliphatic carbocycles. The van der Waals surface area contributed by atoms with Crippen molar-refractivity contribution < 1.29 is 35.5 Å². The van der Waals surface area contributed by atoms with Crippen LogP contribution < -0.4 is 15.6 Å². The standard InChI is InChI=1S/C22H19ClF4N4O5S/c23-19-17(29-12-21(24)8-1-9-35-13-21)11-30-31(20(19)32)14-2-7-18(28-10-14)37(33,34)16-5-3-15(4-6-16)36-22(25,26)27/h2-7,10-11,29H,1,8-9,12-13H2. The Balaban J connectivity index is 1.51. The zero-order valence-electron chi connectivity index (χ0n) is 18.8. The molecule has 1 aliphatic rings. The lowest BCUT2D eigenvalue weighted by atomic mass is 9.99. The van der Waals surface area contributed by atoms with Crippen molar-refractivity contribution >= 4 is 27.1 Å². The SMILES string of the molecule is O=c1c(Cl)c(NCC2(F)CCCOC2)cnn1-c1ccc(S(=O)(=O)c2ccc(OC(F)(F)F)cc2)nc1. The van der Waals surface area contributed by atoms with E-state index >= 15 is 0 Å². The molecule has 4 rings (SSSR count). The Hall–Kier alpha value is -3.23. The highest BCUT2D eigenvalue weighted by Crippen LogP contribution is 2.27. The summed E-state index contributed by atoms with van der Waals surface area (Å²) < 4.78 is 87.0. The van der Waals surface area contributed by atoms with Crippen LogP contribution in [0.3, 0.4) is 0 Å². The molecule has 0 spiro atoms. The number of ether oxygens (including phenoxy) is 2. The number of pyridine rings is 1. The molecule has 1 atom stereocenters. The maximum absolute atomic E-state index is 14.7. The van der Waals surface area contributed by atoms with Gasteiger partial charge in [-0.05, 0) is 49.2 Å². The van der Waals surface area contributed by atoms with E-state index in [1.807, 2.05) is 0 Å². The molecule has 1 saturated heterocycles. The van der Waals surface area contributed by atoms with Crippen molar-refractivity contribution in [3.8, 4) is 11.4 Å². The number of hydrogen-bond acceptors (Lipinski definition) is 8. The number of alkyl halides is 4. The average molecular weight is 563 g/mol. The molecule has 0 saturated carbocycles. The normalized spacial score (nSPS) is 18.4. The molecule has 3 heterocycles. The van der Waals surface area contributed by atoms with Crippen molar-refractivity contribution in [3.05, 3.63) is 64.2 Å². The van der Waals surface area contributed by atoms with Crippen LogP contribution >= 0.6 is 11.6 Å². The largest absolute Gasteiger partial charge is 0.573 e. The molecule has 1 aliphatic heterocycles. The number of sulfone groups is 1. The molecule has 37 heavy (non-hydrogen) atoms. The van der Waals surface area contributed by atoms with E-state index in [1.165, 1.54) is 12.3 Å². The van der Waals surface area contributed by atoms with E-state index in [4.69, 9.17) is 16.3 Å². The molecule has 9 nitrogen and oxygen atoms in total. The second-order valence-corrected chi connectivity index (χ2v) is 10.4. The second-order valence-electron chi connectivity index (χ2n) is 8.13. The van der Waals surface area contributed by atoms with Crippen LogP contribution in [0.4, 0.5) is 23.2 Å². The minimum Gasteiger partial charge on any atom is -0.406 e. The summed E-state index contributed by atoms with van der Waals surface area (Å²) in [6, 6.07) is 5.99. The summed E-state index contributed by atoms with van der Waals surface area (Å²) >= 11 is 6.16. The van der Waals surface area contributed by atoms with Crippen molar-refractivity contribution in [2.45, 2.75) is 34.8 Å². The summed E-state index contributed by atoms with van der Waals surface area (Å²) in [4.78, 5) is 16.3. The molecular formula is C22H19ClF4N4O5S. The van der Waals surface area contributed by atoms with Crippen LogP contribution in [0.15, 0.2) is 63.5 Å². The number of benzene rings is 1. The third-order valence-corrected chi connectivity index (χ3v) is 7.45. The molecule has 1 aromatic carbocycles. The zero-order chi connectivity index (χ0) is 26.8. The average Bonchev–Trinajstić information content (AvgIpc) is 2.85. The Bertz CT molecular complexity index is 1430. The Morgan fingerprint density at radius 3 is 2.49 bits per heavy atom. The highest BCUT2D eigenvalue weighted by Gasteiger charge is 2.33. The Morgan fingerprint density at radius 1 is 1.16 bits per heavy atom. The van der Waals surface area contributed by atoms with Gasteiger partial charge in [0.2, 0.25) is 9.84 Å². The zero-order valence-corrected chi connectivity index (χ0v) is 20.4. The van der Waals surface area contributed by atoms with Crippen molar-refractivity contribution in [1.29, 1.82) is 0 Å². The number of hydrogen-bond donors (Lipinski definition) is 1. The molecular weight excluding hydrogens is 544 g/mol. The molecule has 0 amide bonds. The fourth-order valence-electron chi connectivity index (χ4n) is 3.55.